The summed E-state index contributed by atoms with van der Waals surface area (Å²) in [6, 6.07) is 3.54. The van der Waals surface area contributed by atoms with Gasteiger partial charge in [-0.05, 0) is 44.0 Å². The smallest absolute Gasteiger partial charge is 0.309 e. The molecule has 1 aliphatic rings. The molecule has 2 amide bonds. The lowest BCUT2D eigenvalue weighted by atomic mass is 10.2. The highest BCUT2D eigenvalue weighted by Crippen LogP contribution is 2.23. The van der Waals surface area contributed by atoms with Gasteiger partial charge in [-0.25, -0.2) is 12.8 Å². The van der Waals surface area contributed by atoms with Gasteiger partial charge in [-0.2, -0.15) is 4.31 Å². The number of benzene rings is 1. The summed E-state index contributed by atoms with van der Waals surface area (Å²) in [6.45, 7) is 3.81. The Bertz CT molecular complexity index is 784. The SMILES string of the molecule is CCNC(=O)C(=O)NC[C@H]1OCCCN1S(=O)(=O)c1ccc(F)c(C)c1. The fourth-order valence-electron chi connectivity index (χ4n) is 2.52. The highest BCUT2D eigenvalue weighted by atomic mass is 32.2. The fourth-order valence-corrected chi connectivity index (χ4v) is 4.17. The van der Waals surface area contributed by atoms with Crippen LogP contribution in [0.5, 0.6) is 0 Å². The molecular formula is C16H22FN3O5S. The third kappa shape index (κ3) is 4.57. The van der Waals surface area contributed by atoms with E-state index in [-0.39, 0.29) is 23.5 Å². The van der Waals surface area contributed by atoms with E-state index in [2.05, 4.69) is 10.6 Å². The summed E-state index contributed by atoms with van der Waals surface area (Å²) in [7, 11) is -3.94. The number of sulfonamides is 1. The van der Waals surface area contributed by atoms with Gasteiger partial charge in [0, 0.05) is 13.1 Å². The minimum absolute atomic E-state index is 0.0537. The van der Waals surface area contributed by atoms with Crippen LogP contribution >= 0.6 is 0 Å². The lowest BCUT2D eigenvalue weighted by molar-refractivity contribution is -0.140. The summed E-state index contributed by atoms with van der Waals surface area (Å²) < 4.78 is 45.8. The van der Waals surface area contributed by atoms with Crippen LogP contribution in [-0.4, -0.2) is 57.0 Å². The van der Waals surface area contributed by atoms with Gasteiger partial charge in [0.1, 0.15) is 12.0 Å². The van der Waals surface area contributed by atoms with Crippen molar-refractivity contribution in [1.82, 2.24) is 14.9 Å². The molecule has 8 nitrogen and oxygen atoms in total. The number of amides is 2. The van der Waals surface area contributed by atoms with Crippen molar-refractivity contribution in [3.8, 4) is 0 Å². The van der Waals surface area contributed by atoms with Crippen LogP contribution in [-0.2, 0) is 24.3 Å². The summed E-state index contributed by atoms with van der Waals surface area (Å²) in [5.74, 6) is -2.16. The van der Waals surface area contributed by atoms with Gasteiger partial charge in [0.25, 0.3) is 0 Å². The normalized spacial score (nSPS) is 18.3. The Morgan fingerprint density at radius 3 is 2.65 bits per heavy atom. The molecule has 26 heavy (non-hydrogen) atoms. The fraction of sp³-hybridized carbons (Fsp3) is 0.500. The second kappa shape index (κ2) is 8.56. The minimum Gasteiger partial charge on any atom is -0.360 e. The molecule has 0 unspecified atom stereocenters. The number of nitrogens with zero attached hydrogens (tertiary/aromatic N) is 1. The van der Waals surface area contributed by atoms with E-state index in [4.69, 9.17) is 4.74 Å². The van der Waals surface area contributed by atoms with Crippen molar-refractivity contribution in [3.05, 3.63) is 29.6 Å². The highest BCUT2D eigenvalue weighted by molar-refractivity contribution is 7.89. The van der Waals surface area contributed by atoms with Crippen LogP contribution in [0.25, 0.3) is 0 Å². The van der Waals surface area contributed by atoms with Crippen LogP contribution < -0.4 is 10.6 Å². The molecule has 1 aliphatic heterocycles. The molecule has 0 spiro atoms. The predicted octanol–water partition coefficient (Wildman–Crippen LogP) is 0.124. The molecule has 1 atom stereocenters. The standard InChI is InChI=1S/C16H22FN3O5S/c1-3-18-15(21)16(22)19-10-14-20(7-4-8-25-14)26(23,24)12-5-6-13(17)11(2)9-12/h5-6,9,14H,3-4,7-8,10H2,1-2H3,(H,18,21)(H,19,22)/t14-/m1/s1. The van der Waals surface area contributed by atoms with Gasteiger partial charge in [0.05, 0.1) is 18.0 Å². The molecule has 0 aliphatic carbocycles. The van der Waals surface area contributed by atoms with Crippen molar-refractivity contribution >= 4 is 21.8 Å². The molecule has 2 rings (SSSR count). The Labute approximate surface area is 151 Å². The third-order valence-electron chi connectivity index (χ3n) is 3.87. The maximum atomic E-state index is 13.4. The number of halogens is 1. The van der Waals surface area contributed by atoms with E-state index in [1.807, 2.05) is 0 Å². The predicted molar refractivity (Wildman–Crippen MR) is 91.1 cm³/mol. The van der Waals surface area contributed by atoms with E-state index in [1.54, 1.807) is 6.92 Å². The maximum Gasteiger partial charge on any atom is 0.309 e. The van der Waals surface area contributed by atoms with Crippen molar-refractivity contribution in [2.75, 3.05) is 26.2 Å². The number of hydrogen-bond acceptors (Lipinski definition) is 5. The van der Waals surface area contributed by atoms with Crippen LogP contribution in [0.15, 0.2) is 23.1 Å². The van der Waals surface area contributed by atoms with Crippen LogP contribution in [0.2, 0.25) is 0 Å². The molecular weight excluding hydrogens is 365 g/mol. The molecule has 1 aromatic rings. The summed E-state index contributed by atoms with van der Waals surface area (Å²) in [4.78, 5) is 23.1. The summed E-state index contributed by atoms with van der Waals surface area (Å²) in [6.07, 6.45) is -0.460. The number of hydrogen-bond donors (Lipinski definition) is 2. The van der Waals surface area contributed by atoms with Gasteiger partial charge in [-0.3, -0.25) is 9.59 Å². The summed E-state index contributed by atoms with van der Waals surface area (Å²) in [5.41, 5.74) is 0.213. The highest BCUT2D eigenvalue weighted by Gasteiger charge is 2.35. The Hall–Kier alpha value is -2.04. The molecule has 0 bridgehead atoms. The van der Waals surface area contributed by atoms with Crippen molar-refractivity contribution < 1.29 is 27.1 Å². The lowest BCUT2D eigenvalue weighted by Gasteiger charge is -2.34. The van der Waals surface area contributed by atoms with E-state index >= 15 is 0 Å². The average molecular weight is 387 g/mol. The second-order valence-corrected chi connectivity index (χ2v) is 7.67. The van der Waals surface area contributed by atoms with E-state index in [9.17, 15) is 22.4 Å². The number of likely N-dealkylation sites (N-methyl/N-ethyl adjacent to an activating group) is 1. The first-order valence-corrected chi connectivity index (χ1v) is 9.67. The number of aryl methyl sites for hydroxylation is 1. The summed E-state index contributed by atoms with van der Waals surface area (Å²) in [5, 5.41) is 4.72. The quantitative estimate of drug-likeness (QED) is 0.699. The molecule has 1 saturated heterocycles. The van der Waals surface area contributed by atoms with Crippen molar-refractivity contribution in [2.45, 2.75) is 31.4 Å². The topological polar surface area (TPSA) is 105 Å². The van der Waals surface area contributed by atoms with Crippen LogP contribution in [0, 0.1) is 12.7 Å². The number of rotatable bonds is 5. The molecule has 1 fully saturated rings. The molecule has 10 heteroatoms. The zero-order valence-corrected chi connectivity index (χ0v) is 15.4. The molecule has 1 heterocycles. The first kappa shape index (κ1) is 20.3. The van der Waals surface area contributed by atoms with E-state index < -0.39 is 33.9 Å². The number of nitrogens with one attached hydrogen (secondary N) is 2. The van der Waals surface area contributed by atoms with Gasteiger partial charge in [0.2, 0.25) is 10.0 Å². The molecule has 2 N–H and O–H groups in total. The molecule has 0 radical (unpaired) electrons. The van der Waals surface area contributed by atoms with E-state index in [1.165, 1.54) is 19.1 Å². The molecule has 0 aromatic heterocycles. The van der Waals surface area contributed by atoms with Crippen LogP contribution in [0.1, 0.15) is 18.9 Å². The number of ether oxygens (including phenoxy) is 1. The Morgan fingerprint density at radius 1 is 1.31 bits per heavy atom. The maximum absolute atomic E-state index is 13.4. The monoisotopic (exact) mass is 387 g/mol. The van der Waals surface area contributed by atoms with Gasteiger partial charge < -0.3 is 15.4 Å². The van der Waals surface area contributed by atoms with Crippen molar-refractivity contribution in [1.29, 1.82) is 0 Å². The third-order valence-corrected chi connectivity index (χ3v) is 5.76. The molecule has 1 aromatic carbocycles. The molecule has 144 valence electrons. The first-order valence-electron chi connectivity index (χ1n) is 8.23. The molecule has 0 saturated carbocycles. The van der Waals surface area contributed by atoms with Gasteiger partial charge in [-0.15, -0.1) is 0 Å². The average Bonchev–Trinajstić information content (AvgIpc) is 2.62. The lowest BCUT2D eigenvalue weighted by Crippen LogP contribution is -2.53. The minimum atomic E-state index is -3.94. The summed E-state index contributed by atoms with van der Waals surface area (Å²) >= 11 is 0. The largest absolute Gasteiger partial charge is 0.360 e. The number of carbonyl (C=O) groups is 2. The first-order chi connectivity index (χ1) is 12.3. The Kier molecular flexibility index (Phi) is 6.68. The van der Waals surface area contributed by atoms with Gasteiger partial charge >= 0.3 is 11.8 Å². The zero-order valence-electron chi connectivity index (χ0n) is 14.6. The van der Waals surface area contributed by atoms with Gasteiger partial charge in [0.15, 0.2) is 0 Å². The van der Waals surface area contributed by atoms with Crippen LogP contribution in [0.3, 0.4) is 0 Å². The Balaban J connectivity index is 2.15. The second-order valence-electron chi connectivity index (χ2n) is 5.78. The Morgan fingerprint density at radius 2 is 2.00 bits per heavy atom. The van der Waals surface area contributed by atoms with Crippen LogP contribution in [0.4, 0.5) is 4.39 Å². The van der Waals surface area contributed by atoms with Gasteiger partial charge in [-0.1, -0.05) is 0 Å². The van der Waals surface area contributed by atoms with E-state index in [0.29, 0.717) is 19.6 Å². The van der Waals surface area contributed by atoms with E-state index in [0.717, 1.165) is 10.4 Å². The van der Waals surface area contributed by atoms with Crippen molar-refractivity contribution in [2.24, 2.45) is 0 Å². The number of carbonyl (C=O) groups excluding carboxylic acids is 2. The zero-order chi connectivity index (χ0) is 19.3. The van der Waals surface area contributed by atoms with Crippen molar-refractivity contribution in [3.63, 3.8) is 0 Å².